The van der Waals surface area contributed by atoms with Crippen LogP contribution in [0.2, 0.25) is 0 Å². The van der Waals surface area contributed by atoms with Gasteiger partial charge < -0.3 is 24.8 Å². The molecule has 0 saturated carbocycles. The fourth-order valence-corrected chi connectivity index (χ4v) is 1.95. The molecule has 140 valence electrons. The van der Waals surface area contributed by atoms with Crippen LogP contribution in [0.3, 0.4) is 0 Å². The van der Waals surface area contributed by atoms with Gasteiger partial charge in [0.25, 0.3) is 0 Å². The van der Waals surface area contributed by atoms with Crippen molar-refractivity contribution in [3.63, 3.8) is 0 Å². The van der Waals surface area contributed by atoms with Crippen molar-refractivity contribution in [2.45, 2.75) is 25.9 Å². The number of hydrogen-bond acceptors (Lipinski definition) is 5. The van der Waals surface area contributed by atoms with Gasteiger partial charge in [-0.2, -0.15) is 0 Å². The van der Waals surface area contributed by atoms with Gasteiger partial charge in [-0.1, -0.05) is 30.3 Å². The number of rotatable bonds is 13. The lowest BCUT2D eigenvalue weighted by atomic mass is 10.2. The maximum absolute atomic E-state index is 11.6. The van der Waals surface area contributed by atoms with E-state index in [9.17, 15) is 9.59 Å². The predicted octanol–water partition coefficient (Wildman–Crippen LogP) is 1.86. The first-order chi connectivity index (χ1) is 12.2. The zero-order chi connectivity index (χ0) is 18.2. The van der Waals surface area contributed by atoms with Gasteiger partial charge in [0.15, 0.2) is 0 Å². The molecule has 0 radical (unpaired) electrons. The van der Waals surface area contributed by atoms with E-state index >= 15 is 0 Å². The zero-order valence-corrected chi connectivity index (χ0v) is 14.8. The second-order valence-corrected chi connectivity index (χ2v) is 5.40. The van der Waals surface area contributed by atoms with E-state index < -0.39 is 6.09 Å². The molecule has 0 fully saturated rings. The minimum Gasteiger partial charge on any atom is -0.445 e. The first kappa shape index (κ1) is 20.9. The highest BCUT2D eigenvalue weighted by molar-refractivity contribution is 5.75. The maximum atomic E-state index is 11.6. The van der Waals surface area contributed by atoms with Crippen LogP contribution in [0, 0.1) is 0 Å². The van der Waals surface area contributed by atoms with Gasteiger partial charge in [-0.3, -0.25) is 4.79 Å². The van der Waals surface area contributed by atoms with E-state index in [-0.39, 0.29) is 12.5 Å². The average molecular weight is 352 g/mol. The van der Waals surface area contributed by atoms with Crippen molar-refractivity contribution in [3.05, 3.63) is 35.9 Å². The minimum absolute atomic E-state index is 0.0312. The lowest BCUT2D eigenvalue weighted by Crippen LogP contribution is -2.28. The molecule has 1 aromatic carbocycles. The summed E-state index contributed by atoms with van der Waals surface area (Å²) >= 11 is 0. The van der Waals surface area contributed by atoms with Crippen LogP contribution in [0.4, 0.5) is 4.79 Å². The number of amides is 2. The summed E-state index contributed by atoms with van der Waals surface area (Å²) in [5, 5.41) is 5.45. The van der Waals surface area contributed by atoms with E-state index in [1.54, 1.807) is 7.11 Å². The number of benzene rings is 1. The molecular weight excluding hydrogens is 324 g/mol. The normalized spacial score (nSPS) is 10.3. The Morgan fingerprint density at radius 3 is 2.48 bits per heavy atom. The third kappa shape index (κ3) is 12.0. The van der Waals surface area contributed by atoms with Gasteiger partial charge in [0, 0.05) is 33.2 Å². The summed E-state index contributed by atoms with van der Waals surface area (Å²) in [5.74, 6) is -0.0312. The summed E-state index contributed by atoms with van der Waals surface area (Å²) < 4.78 is 15.2. The summed E-state index contributed by atoms with van der Waals surface area (Å²) in [6, 6.07) is 9.46. The Hall–Kier alpha value is -2.12. The first-order valence-electron chi connectivity index (χ1n) is 8.50. The fraction of sp³-hybridized carbons (Fsp3) is 0.556. The molecular formula is C18H28N2O5. The van der Waals surface area contributed by atoms with Crippen molar-refractivity contribution in [1.29, 1.82) is 0 Å². The van der Waals surface area contributed by atoms with Crippen molar-refractivity contribution in [2.75, 3.05) is 40.0 Å². The Kier molecular flexibility index (Phi) is 11.9. The van der Waals surface area contributed by atoms with Crippen molar-refractivity contribution in [3.8, 4) is 0 Å². The number of carbonyl (C=O) groups excluding carboxylic acids is 2. The van der Waals surface area contributed by atoms with Crippen LogP contribution >= 0.6 is 0 Å². The minimum atomic E-state index is -0.475. The molecule has 0 aliphatic heterocycles. The molecule has 0 aliphatic carbocycles. The van der Waals surface area contributed by atoms with E-state index in [0.29, 0.717) is 45.8 Å². The Bertz CT molecular complexity index is 482. The summed E-state index contributed by atoms with van der Waals surface area (Å²) in [6.45, 7) is 2.96. The van der Waals surface area contributed by atoms with Gasteiger partial charge >= 0.3 is 6.09 Å². The number of methoxy groups -OCH3 is 1. The molecule has 0 spiro atoms. The molecule has 2 amide bonds. The highest BCUT2D eigenvalue weighted by Gasteiger charge is 2.04. The Balaban J connectivity index is 1.92. The Labute approximate surface area is 149 Å². The van der Waals surface area contributed by atoms with Crippen LogP contribution in [-0.4, -0.2) is 52.0 Å². The van der Waals surface area contributed by atoms with Crippen LogP contribution in [-0.2, 0) is 25.6 Å². The molecule has 0 bridgehead atoms. The summed E-state index contributed by atoms with van der Waals surface area (Å²) in [5.41, 5.74) is 0.934. The van der Waals surface area contributed by atoms with Gasteiger partial charge in [0.05, 0.1) is 13.2 Å². The lowest BCUT2D eigenvalue weighted by Gasteiger charge is -2.08. The third-order valence-corrected chi connectivity index (χ3v) is 3.28. The van der Waals surface area contributed by atoms with Gasteiger partial charge in [-0.05, 0) is 18.4 Å². The van der Waals surface area contributed by atoms with Crippen molar-refractivity contribution in [2.24, 2.45) is 0 Å². The van der Waals surface area contributed by atoms with Gasteiger partial charge in [0.1, 0.15) is 6.61 Å². The van der Waals surface area contributed by atoms with E-state index in [0.717, 1.165) is 12.0 Å². The summed E-state index contributed by atoms with van der Waals surface area (Å²) in [4.78, 5) is 23.1. The second-order valence-electron chi connectivity index (χ2n) is 5.40. The highest BCUT2D eigenvalue weighted by atomic mass is 16.5. The standard InChI is InChI=1S/C18H28N2O5/c1-23-13-14-24-12-6-11-19-17(21)9-5-10-20-18(22)25-15-16-7-3-2-4-8-16/h2-4,7-8H,5-6,9-15H2,1H3,(H,19,21)(H,20,22). The number of nitrogens with one attached hydrogen (secondary N) is 2. The molecule has 7 heteroatoms. The lowest BCUT2D eigenvalue weighted by molar-refractivity contribution is -0.121. The number of hydrogen-bond donors (Lipinski definition) is 2. The van der Waals surface area contributed by atoms with Crippen LogP contribution in [0.5, 0.6) is 0 Å². The SMILES string of the molecule is COCCOCCCNC(=O)CCCNC(=O)OCc1ccccc1. The molecule has 0 aromatic heterocycles. The van der Waals surface area contributed by atoms with Crippen LogP contribution in [0.1, 0.15) is 24.8 Å². The zero-order valence-electron chi connectivity index (χ0n) is 14.8. The smallest absolute Gasteiger partial charge is 0.407 e. The van der Waals surface area contributed by atoms with Gasteiger partial charge in [-0.25, -0.2) is 4.79 Å². The van der Waals surface area contributed by atoms with Crippen LogP contribution < -0.4 is 10.6 Å². The van der Waals surface area contributed by atoms with Crippen LogP contribution in [0.15, 0.2) is 30.3 Å². The second kappa shape index (κ2) is 14.2. The topological polar surface area (TPSA) is 85.9 Å². The molecule has 0 heterocycles. The van der Waals surface area contributed by atoms with Crippen molar-refractivity contribution in [1.82, 2.24) is 10.6 Å². The highest BCUT2D eigenvalue weighted by Crippen LogP contribution is 2.00. The molecule has 25 heavy (non-hydrogen) atoms. The molecule has 0 saturated heterocycles. The third-order valence-electron chi connectivity index (χ3n) is 3.28. The number of ether oxygens (including phenoxy) is 3. The number of carbonyl (C=O) groups is 2. The first-order valence-corrected chi connectivity index (χ1v) is 8.50. The van der Waals surface area contributed by atoms with Crippen molar-refractivity contribution >= 4 is 12.0 Å². The molecule has 0 aliphatic rings. The number of alkyl carbamates (subject to hydrolysis) is 1. The van der Waals surface area contributed by atoms with Crippen LogP contribution in [0.25, 0.3) is 0 Å². The molecule has 1 aromatic rings. The molecule has 7 nitrogen and oxygen atoms in total. The molecule has 2 N–H and O–H groups in total. The average Bonchev–Trinajstić information content (AvgIpc) is 2.63. The molecule has 0 atom stereocenters. The van der Waals surface area contributed by atoms with Gasteiger partial charge in [0.2, 0.25) is 5.91 Å². The van der Waals surface area contributed by atoms with E-state index in [1.807, 2.05) is 30.3 Å². The largest absolute Gasteiger partial charge is 0.445 e. The Morgan fingerprint density at radius 1 is 0.960 bits per heavy atom. The summed E-state index contributed by atoms with van der Waals surface area (Å²) in [6.07, 6.45) is 1.22. The van der Waals surface area contributed by atoms with E-state index in [1.165, 1.54) is 0 Å². The quantitative estimate of drug-likeness (QED) is 0.529. The van der Waals surface area contributed by atoms with E-state index in [2.05, 4.69) is 10.6 Å². The maximum Gasteiger partial charge on any atom is 0.407 e. The molecule has 1 rings (SSSR count). The monoisotopic (exact) mass is 352 g/mol. The summed E-state index contributed by atoms with van der Waals surface area (Å²) in [7, 11) is 1.63. The Morgan fingerprint density at radius 2 is 1.72 bits per heavy atom. The van der Waals surface area contributed by atoms with E-state index in [4.69, 9.17) is 14.2 Å². The van der Waals surface area contributed by atoms with Gasteiger partial charge in [-0.15, -0.1) is 0 Å². The van der Waals surface area contributed by atoms with Crippen molar-refractivity contribution < 1.29 is 23.8 Å². The molecule has 0 unspecified atom stereocenters. The fourth-order valence-electron chi connectivity index (χ4n) is 1.95. The predicted molar refractivity (Wildman–Crippen MR) is 94.2 cm³/mol.